The van der Waals surface area contributed by atoms with Crippen LogP contribution in [0.4, 0.5) is 5.82 Å². The molecule has 9 heteroatoms. The van der Waals surface area contributed by atoms with Gasteiger partial charge in [0.15, 0.2) is 0 Å². The third kappa shape index (κ3) is 5.35. The first-order valence-electron chi connectivity index (χ1n) is 15.9. The van der Waals surface area contributed by atoms with E-state index in [0.29, 0.717) is 17.8 Å². The quantitative estimate of drug-likeness (QED) is 0.513. The van der Waals surface area contributed by atoms with Gasteiger partial charge in [0.25, 0.3) is 5.91 Å². The second-order valence-corrected chi connectivity index (χ2v) is 12.8. The maximum absolute atomic E-state index is 13.3. The van der Waals surface area contributed by atoms with Gasteiger partial charge in [-0.3, -0.25) is 9.69 Å². The number of carbonyl (C=O) groups is 1. The summed E-state index contributed by atoms with van der Waals surface area (Å²) < 4.78 is 5.19. The summed E-state index contributed by atoms with van der Waals surface area (Å²) in [6, 6.07) is 8.88. The number of ether oxygens (including phenoxy) is 1. The van der Waals surface area contributed by atoms with Crippen molar-refractivity contribution in [2.45, 2.75) is 25.4 Å². The molecular weight excluding hydrogens is 562 g/mol. The van der Waals surface area contributed by atoms with Gasteiger partial charge in [-0.2, -0.15) is 0 Å². The van der Waals surface area contributed by atoms with Crippen LogP contribution in [0.2, 0.25) is 0 Å². The van der Waals surface area contributed by atoms with Crippen LogP contribution in [0.3, 0.4) is 0 Å². The number of piperazine rings is 1. The Hall–Kier alpha value is -4.63. The molecule has 2 atom stereocenters. The number of pyridine rings is 2. The van der Waals surface area contributed by atoms with Gasteiger partial charge in [-0.25, -0.2) is 9.97 Å². The Morgan fingerprint density at radius 3 is 2.51 bits per heavy atom. The van der Waals surface area contributed by atoms with E-state index in [1.807, 2.05) is 18.5 Å². The number of aromatic nitrogens is 2. The van der Waals surface area contributed by atoms with Gasteiger partial charge in [0.2, 0.25) is 5.88 Å². The highest BCUT2D eigenvalue weighted by Gasteiger charge is 2.40. The molecule has 0 aromatic carbocycles. The molecule has 8 rings (SSSR count). The number of fused-ring (bicyclic) bond motifs is 3. The Morgan fingerprint density at radius 1 is 0.956 bits per heavy atom. The van der Waals surface area contributed by atoms with Crippen molar-refractivity contribution in [2.75, 3.05) is 58.8 Å². The Kier molecular flexibility index (Phi) is 6.86. The highest BCUT2D eigenvalue weighted by Crippen LogP contribution is 2.48. The number of methoxy groups -OCH3 is 1. The van der Waals surface area contributed by atoms with Crippen molar-refractivity contribution >= 4 is 17.3 Å². The zero-order valence-electron chi connectivity index (χ0n) is 26.2. The molecule has 9 nitrogen and oxygen atoms in total. The minimum absolute atomic E-state index is 0.0507. The number of carbonyl (C=O) groups excluding carboxylic acids is 1. The number of likely N-dealkylation sites (N-methyl/N-ethyl adjacent to an activating group) is 2. The molecule has 230 valence electrons. The standard InChI is InChI=1S/C36H39N7O2/c1-37-36(44)31-14-25-12-28(25)21-43-22-29(27-13-26-16-32(26)40(2)20-27)15-30(35(31)43)24-5-6-33(38-18-24)42-10-8-41(9-11-42)19-23-4-7-34(45-3)39-17-23/h4-7,13-15,17-18,20,22,28,32H,8-12,16,19,21H2,1-3H3,(H,37,44). The van der Waals surface area contributed by atoms with E-state index >= 15 is 0 Å². The molecule has 6 heterocycles. The molecule has 2 unspecified atom stereocenters. The van der Waals surface area contributed by atoms with Gasteiger partial charge in [0, 0.05) is 107 Å². The molecule has 0 spiro atoms. The summed E-state index contributed by atoms with van der Waals surface area (Å²) >= 11 is 0. The van der Waals surface area contributed by atoms with Crippen LogP contribution in [0, 0.1) is 5.92 Å². The van der Waals surface area contributed by atoms with Gasteiger partial charge in [-0.1, -0.05) is 17.7 Å². The van der Waals surface area contributed by atoms with Crippen molar-refractivity contribution < 1.29 is 9.53 Å². The minimum atomic E-state index is -0.0507. The molecule has 1 amide bonds. The fourth-order valence-corrected chi connectivity index (χ4v) is 7.03. The van der Waals surface area contributed by atoms with Crippen molar-refractivity contribution in [1.82, 2.24) is 30.0 Å². The Balaban J connectivity index is 1.06. The van der Waals surface area contributed by atoms with Gasteiger partial charge in [0.1, 0.15) is 5.82 Å². The molecular formula is C36H39N7O2. The summed E-state index contributed by atoms with van der Waals surface area (Å²) in [4.78, 5) is 32.1. The van der Waals surface area contributed by atoms with Gasteiger partial charge >= 0.3 is 0 Å². The van der Waals surface area contributed by atoms with Crippen molar-refractivity contribution in [1.29, 1.82) is 0 Å². The second kappa shape index (κ2) is 11.1. The second-order valence-electron chi connectivity index (χ2n) is 12.8. The molecule has 0 radical (unpaired) electrons. The molecule has 2 aliphatic carbocycles. The predicted molar refractivity (Wildman–Crippen MR) is 175 cm³/mol. The monoisotopic (exact) mass is 601 g/mol. The van der Waals surface area contributed by atoms with Crippen LogP contribution >= 0.6 is 0 Å². The van der Waals surface area contributed by atoms with E-state index in [-0.39, 0.29) is 5.91 Å². The van der Waals surface area contributed by atoms with Crippen LogP contribution < -0.4 is 15.0 Å². The van der Waals surface area contributed by atoms with Crippen LogP contribution in [0.5, 0.6) is 5.88 Å². The average Bonchev–Trinajstić information content (AvgIpc) is 4.00. The molecule has 0 bridgehead atoms. The van der Waals surface area contributed by atoms with E-state index in [0.717, 1.165) is 80.3 Å². The lowest BCUT2D eigenvalue weighted by molar-refractivity contribution is -0.116. The zero-order valence-corrected chi connectivity index (χ0v) is 26.2. The number of amides is 1. The maximum atomic E-state index is 13.3. The highest BCUT2D eigenvalue weighted by atomic mass is 16.5. The Morgan fingerprint density at radius 2 is 1.80 bits per heavy atom. The fourth-order valence-electron chi connectivity index (χ4n) is 7.03. The zero-order chi connectivity index (χ0) is 30.7. The van der Waals surface area contributed by atoms with Gasteiger partial charge in [-0.05, 0) is 53.8 Å². The van der Waals surface area contributed by atoms with Crippen LogP contribution in [0.1, 0.15) is 24.0 Å². The number of rotatable bonds is 7. The van der Waals surface area contributed by atoms with Gasteiger partial charge in [-0.15, -0.1) is 0 Å². The molecule has 4 aliphatic heterocycles. The summed E-state index contributed by atoms with van der Waals surface area (Å²) in [6.07, 6.45) is 17.3. The highest BCUT2D eigenvalue weighted by molar-refractivity contribution is 6.02. The minimum Gasteiger partial charge on any atom is -0.481 e. The summed E-state index contributed by atoms with van der Waals surface area (Å²) in [7, 11) is 5.52. The molecule has 1 saturated heterocycles. The first kappa shape index (κ1) is 27.9. The van der Waals surface area contributed by atoms with Crippen LogP contribution in [-0.2, 0) is 11.3 Å². The third-order valence-electron chi connectivity index (χ3n) is 9.83. The van der Waals surface area contributed by atoms with Crippen molar-refractivity contribution in [3.8, 4) is 5.88 Å². The normalized spacial score (nSPS) is 23.8. The molecule has 2 aromatic heterocycles. The fraction of sp³-hybridized carbons (Fsp3) is 0.361. The Labute approximate surface area is 264 Å². The van der Waals surface area contributed by atoms with Crippen LogP contribution in [0.15, 0.2) is 101 Å². The molecule has 2 aromatic rings. The van der Waals surface area contributed by atoms with Crippen molar-refractivity contribution in [3.05, 3.63) is 112 Å². The molecule has 6 aliphatic rings. The number of hydrogen-bond acceptors (Lipinski definition) is 8. The van der Waals surface area contributed by atoms with E-state index in [9.17, 15) is 4.79 Å². The Bertz CT molecular complexity index is 1720. The van der Waals surface area contributed by atoms with Crippen molar-refractivity contribution in [2.24, 2.45) is 5.92 Å². The lowest BCUT2D eigenvalue weighted by Gasteiger charge is -2.35. The summed E-state index contributed by atoms with van der Waals surface area (Å²) in [5, 5.41) is 2.90. The predicted octanol–water partition coefficient (Wildman–Crippen LogP) is 3.88. The van der Waals surface area contributed by atoms with Gasteiger partial charge < -0.3 is 24.8 Å². The van der Waals surface area contributed by atoms with Crippen LogP contribution in [-0.4, -0.2) is 90.5 Å². The number of anilines is 1. The molecule has 45 heavy (non-hydrogen) atoms. The largest absolute Gasteiger partial charge is 0.481 e. The topological polar surface area (TPSA) is 77.1 Å². The molecule has 1 N–H and O–H groups in total. The number of nitrogens with one attached hydrogen (secondary N) is 1. The first-order chi connectivity index (χ1) is 22.0. The van der Waals surface area contributed by atoms with Crippen molar-refractivity contribution in [3.63, 3.8) is 0 Å². The number of nitrogens with zero attached hydrogens (tertiary/aromatic N) is 6. The van der Waals surface area contributed by atoms with E-state index in [2.05, 4.69) is 85.8 Å². The lowest BCUT2D eigenvalue weighted by atomic mass is 9.91. The summed E-state index contributed by atoms with van der Waals surface area (Å²) in [5.41, 5.74) is 10.2. The van der Waals surface area contributed by atoms with E-state index in [1.54, 1.807) is 14.2 Å². The summed E-state index contributed by atoms with van der Waals surface area (Å²) in [6.45, 7) is 5.51. The number of allylic oxidation sites excluding steroid dienone is 5. The first-order valence-corrected chi connectivity index (χ1v) is 15.9. The summed E-state index contributed by atoms with van der Waals surface area (Å²) in [5.74, 6) is 2.07. The van der Waals surface area contributed by atoms with E-state index in [1.165, 1.54) is 27.9 Å². The molecule has 2 saturated carbocycles. The van der Waals surface area contributed by atoms with Gasteiger partial charge in [0.05, 0.1) is 24.4 Å². The average molecular weight is 602 g/mol. The SMILES string of the molecule is CNC(=O)C1=C2C(c3ccc(N4CCN(Cc5ccc(OC)nc5)CC4)nc3)=CC(C3=CN(C)C4CC4=C3)=CN2CC2CC2=C1. The smallest absolute Gasteiger partial charge is 0.253 e. The molecule has 3 fully saturated rings. The van der Waals surface area contributed by atoms with Crippen LogP contribution in [0.25, 0.3) is 5.57 Å². The maximum Gasteiger partial charge on any atom is 0.253 e. The lowest BCUT2D eigenvalue weighted by Crippen LogP contribution is -2.46. The number of hydrogen-bond donors (Lipinski definition) is 1. The van der Waals surface area contributed by atoms with E-state index < -0.39 is 0 Å². The third-order valence-corrected chi connectivity index (χ3v) is 9.83. The van der Waals surface area contributed by atoms with E-state index in [4.69, 9.17) is 9.72 Å².